The van der Waals surface area contributed by atoms with E-state index in [-0.39, 0.29) is 17.2 Å². The van der Waals surface area contributed by atoms with Crippen molar-refractivity contribution in [3.8, 4) is 11.5 Å². The summed E-state index contributed by atoms with van der Waals surface area (Å²) < 4.78 is 38.0. The molecule has 2 aromatic rings. The first-order chi connectivity index (χ1) is 14.3. The van der Waals surface area contributed by atoms with E-state index in [1.807, 2.05) is 0 Å². The summed E-state index contributed by atoms with van der Waals surface area (Å²) in [5.74, 6) is 1.53. The van der Waals surface area contributed by atoms with Crippen LogP contribution in [-0.4, -0.2) is 52.4 Å². The SMILES string of the molecule is COc1ccc(OC)c(NCC(=O)c2cccc(S(=O)(=O)N3CCC(C)CC3)c2)c1. The van der Waals surface area contributed by atoms with Crippen molar-refractivity contribution in [3.63, 3.8) is 0 Å². The van der Waals surface area contributed by atoms with Gasteiger partial charge in [0.15, 0.2) is 5.78 Å². The molecule has 30 heavy (non-hydrogen) atoms. The zero-order chi connectivity index (χ0) is 21.7. The number of carbonyl (C=O) groups excluding carboxylic acids is 1. The Morgan fingerprint density at radius 3 is 2.50 bits per heavy atom. The highest BCUT2D eigenvalue weighted by Crippen LogP contribution is 2.29. The van der Waals surface area contributed by atoms with E-state index in [4.69, 9.17) is 9.47 Å². The van der Waals surface area contributed by atoms with Gasteiger partial charge < -0.3 is 14.8 Å². The van der Waals surface area contributed by atoms with Crippen LogP contribution in [0.2, 0.25) is 0 Å². The van der Waals surface area contributed by atoms with Crippen LogP contribution in [0.5, 0.6) is 11.5 Å². The molecule has 0 saturated carbocycles. The number of nitrogens with zero attached hydrogens (tertiary/aromatic N) is 1. The quantitative estimate of drug-likeness (QED) is 0.644. The third kappa shape index (κ3) is 4.94. The minimum atomic E-state index is -3.60. The van der Waals surface area contributed by atoms with Crippen LogP contribution in [0.25, 0.3) is 0 Å². The van der Waals surface area contributed by atoms with Gasteiger partial charge in [0.1, 0.15) is 11.5 Å². The van der Waals surface area contributed by atoms with Crippen molar-refractivity contribution in [2.75, 3.05) is 39.2 Å². The fourth-order valence-electron chi connectivity index (χ4n) is 3.43. The van der Waals surface area contributed by atoms with Crippen molar-refractivity contribution in [1.29, 1.82) is 0 Å². The molecular weight excluding hydrogens is 404 g/mol. The summed E-state index contributed by atoms with van der Waals surface area (Å²) in [4.78, 5) is 12.9. The second-order valence-electron chi connectivity index (χ2n) is 7.46. The molecule has 0 spiro atoms. The number of piperidine rings is 1. The van der Waals surface area contributed by atoms with Gasteiger partial charge in [-0.2, -0.15) is 4.31 Å². The van der Waals surface area contributed by atoms with Crippen LogP contribution in [0.3, 0.4) is 0 Å². The van der Waals surface area contributed by atoms with Crippen LogP contribution >= 0.6 is 0 Å². The van der Waals surface area contributed by atoms with Gasteiger partial charge in [-0.1, -0.05) is 19.1 Å². The molecule has 162 valence electrons. The molecule has 1 aliphatic heterocycles. The van der Waals surface area contributed by atoms with Gasteiger partial charge in [0, 0.05) is 24.7 Å². The molecule has 0 amide bonds. The van der Waals surface area contributed by atoms with Crippen LogP contribution < -0.4 is 14.8 Å². The highest BCUT2D eigenvalue weighted by atomic mass is 32.2. The molecule has 1 aliphatic rings. The van der Waals surface area contributed by atoms with Crippen molar-refractivity contribution in [2.24, 2.45) is 5.92 Å². The number of Topliss-reactive ketones (excluding diaryl/α,β-unsaturated/α-hetero) is 1. The van der Waals surface area contributed by atoms with Gasteiger partial charge >= 0.3 is 0 Å². The summed E-state index contributed by atoms with van der Waals surface area (Å²) in [5.41, 5.74) is 0.965. The van der Waals surface area contributed by atoms with Crippen LogP contribution in [0.15, 0.2) is 47.4 Å². The minimum Gasteiger partial charge on any atom is -0.497 e. The molecule has 0 unspecified atom stereocenters. The van der Waals surface area contributed by atoms with Gasteiger partial charge in [0.25, 0.3) is 0 Å². The van der Waals surface area contributed by atoms with Gasteiger partial charge in [0.2, 0.25) is 10.0 Å². The number of ether oxygens (including phenoxy) is 2. The van der Waals surface area contributed by atoms with Gasteiger partial charge in [-0.15, -0.1) is 0 Å². The van der Waals surface area contributed by atoms with Crippen molar-refractivity contribution >= 4 is 21.5 Å². The molecule has 7 nitrogen and oxygen atoms in total. The van der Waals surface area contributed by atoms with Gasteiger partial charge in [0.05, 0.1) is 31.3 Å². The fourth-order valence-corrected chi connectivity index (χ4v) is 4.95. The van der Waals surface area contributed by atoms with Crippen molar-refractivity contribution in [2.45, 2.75) is 24.7 Å². The van der Waals surface area contributed by atoms with Crippen molar-refractivity contribution < 1.29 is 22.7 Å². The van der Waals surface area contributed by atoms with E-state index in [0.29, 0.717) is 41.8 Å². The van der Waals surface area contributed by atoms with E-state index >= 15 is 0 Å². The maximum absolute atomic E-state index is 13.0. The Bertz CT molecular complexity index is 998. The largest absolute Gasteiger partial charge is 0.497 e. The smallest absolute Gasteiger partial charge is 0.243 e. The average molecular weight is 433 g/mol. The lowest BCUT2D eigenvalue weighted by Crippen LogP contribution is -2.37. The molecule has 0 bridgehead atoms. The predicted octanol–water partition coefficient (Wildman–Crippen LogP) is 3.42. The van der Waals surface area contributed by atoms with E-state index < -0.39 is 10.0 Å². The number of anilines is 1. The first-order valence-electron chi connectivity index (χ1n) is 9.94. The van der Waals surface area contributed by atoms with Crippen LogP contribution in [0.1, 0.15) is 30.1 Å². The lowest BCUT2D eigenvalue weighted by atomic mass is 10.0. The Labute approximate surface area is 178 Å². The third-order valence-corrected chi connectivity index (χ3v) is 7.28. The second-order valence-corrected chi connectivity index (χ2v) is 9.40. The van der Waals surface area contributed by atoms with E-state index in [9.17, 15) is 13.2 Å². The molecular formula is C22H28N2O5S. The summed E-state index contributed by atoms with van der Waals surface area (Å²) in [6.45, 7) is 3.15. The number of sulfonamides is 1. The van der Waals surface area contributed by atoms with Gasteiger partial charge in [-0.25, -0.2) is 8.42 Å². The number of hydrogen-bond donors (Lipinski definition) is 1. The summed E-state index contributed by atoms with van der Waals surface area (Å²) in [7, 11) is -0.497. The van der Waals surface area contributed by atoms with E-state index in [2.05, 4.69) is 12.2 Å². The standard InChI is InChI=1S/C22H28N2O5S/c1-16-9-11-24(12-10-16)30(26,27)19-6-4-5-17(13-19)21(25)15-23-20-14-18(28-2)7-8-22(20)29-3/h4-8,13-14,16,23H,9-12,15H2,1-3H3. The number of rotatable bonds is 8. The third-order valence-electron chi connectivity index (χ3n) is 5.38. The average Bonchev–Trinajstić information content (AvgIpc) is 2.77. The number of carbonyl (C=O) groups is 1. The first kappa shape index (κ1) is 22.1. The predicted molar refractivity (Wildman–Crippen MR) is 116 cm³/mol. The van der Waals surface area contributed by atoms with E-state index in [1.165, 1.54) is 10.4 Å². The Hall–Kier alpha value is -2.58. The highest BCUT2D eigenvalue weighted by molar-refractivity contribution is 7.89. The summed E-state index contributed by atoms with van der Waals surface area (Å²) in [5, 5.41) is 3.05. The lowest BCUT2D eigenvalue weighted by molar-refractivity contribution is 0.101. The maximum atomic E-state index is 13.0. The van der Waals surface area contributed by atoms with E-state index in [1.54, 1.807) is 50.6 Å². The first-order valence-corrected chi connectivity index (χ1v) is 11.4. The fraction of sp³-hybridized carbons (Fsp3) is 0.409. The maximum Gasteiger partial charge on any atom is 0.243 e. The van der Waals surface area contributed by atoms with Crippen molar-refractivity contribution in [3.05, 3.63) is 48.0 Å². The Balaban J connectivity index is 1.74. The number of methoxy groups -OCH3 is 2. The molecule has 8 heteroatoms. The molecule has 1 heterocycles. The van der Waals surface area contributed by atoms with E-state index in [0.717, 1.165) is 12.8 Å². The monoisotopic (exact) mass is 432 g/mol. The normalized spacial score (nSPS) is 15.6. The molecule has 2 aromatic carbocycles. The highest BCUT2D eigenvalue weighted by Gasteiger charge is 2.28. The summed E-state index contributed by atoms with van der Waals surface area (Å²) in [6.07, 6.45) is 1.70. The molecule has 0 atom stereocenters. The van der Waals surface area contributed by atoms with Crippen LogP contribution in [0.4, 0.5) is 5.69 Å². The zero-order valence-corrected chi connectivity index (χ0v) is 18.4. The Morgan fingerprint density at radius 1 is 1.10 bits per heavy atom. The topological polar surface area (TPSA) is 84.9 Å². The molecule has 1 N–H and O–H groups in total. The van der Waals surface area contributed by atoms with Crippen LogP contribution in [0, 0.1) is 5.92 Å². The minimum absolute atomic E-state index is 0.00570. The number of ketones is 1. The molecule has 0 radical (unpaired) electrons. The Kier molecular flexibility index (Phi) is 6.99. The number of benzene rings is 2. The van der Waals surface area contributed by atoms with Gasteiger partial charge in [-0.05, 0) is 43.0 Å². The zero-order valence-electron chi connectivity index (χ0n) is 17.6. The Morgan fingerprint density at radius 2 is 1.83 bits per heavy atom. The molecule has 1 saturated heterocycles. The molecule has 0 aliphatic carbocycles. The number of hydrogen-bond acceptors (Lipinski definition) is 6. The van der Waals surface area contributed by atoms with Crippen LogP contribution in [-0.2, 0) is 10.0 Å². The molecule has 0 aromatic heterocycles. The van der Waals surface area contributed by atoms with Gasteiger partial charge in [-0.3, -0.25) is 4.79 Å². The summed E-state index contributed by atoms with van der Waals surface area (Å²) >= 11 is 0. The summed E-state index contributed by atoms with van der Waals surface area (Å²) in [6, 6.07) is 11.5. The number of nitrogens with one attached hydrogen (secondary N) is 1. The van der Waals surface area contributed by atoms with Crippen molar-refractivity contribution in [1.82, 2.24) is 4.31 Å². The molecule has 3 rings (SSSR count). The lowest BCUT2D eigenvalue weighted by Gasteiger charge is -2.29. The second kappa shape index (κ2) is 9.49. The molecule has 1 fully saturated rings.